The Hall–Kier alpha value is -2.07. The highest BCUT2D eigenvalue weighted by Gasteiger charge is 2.05. The van der Waals surface area contributed by atoms with Crippen LogP contribution in [0.15, 0.2) is 36.5 Å². The molecule has 0 bridgehead atoms. The molecule has 1 heterocycles. The van der Waals surface area contributed by atoms with Gasteiger partial charge in [0.15, 0.2) is 0 Å². The van der Waals surface area contributed by atoms with Crippen LogP contribution in [0.25, 0.3) is 11.1 Å². The Bertz CT molecular complexity index is 556. The van der Waals surface area contributed by atoms with Crippen LogP contribution in [0.4, 0.5) is 5.82 Å². The maximum Gasteiger partial charge on any atom is 0.123 e. The molecular formula is C15H18N2O2. The van der Waals surface area contributed by atoms with E-state index in [1.807, 2.05) is 30.3 Å². The summed E-state index contributed by atoms with van der Waals surface area (Å²) in [5.41, 5.74) is 9.04. The molecule has 0 aliphatic heterocycles. The fraction of sp³-hybridized carbons (Fsp3) is 0.267. The largest absolute Gasteiger partial charge is 0.491 e. The zero-order chi connectivity index (χ0) is 13.7. The number of ether oxygens (including phenoxy) is 2. The van der Waals surface area contributed by atoms with E-state index in [1.54, 1.807) is 13.3 Å². The van der Waals surface area contributed by atoms with Crippen LogP contribution in [0.3, 0.4) is 0 Å². The minimum absolute atomic E-state index is 0.516. The molecule has 2 aromatic rings. The Morgan fingerprint density at radius 1 is 1.16 bits per heavy atom. The topological polar surface area (TPSA) is 57.4 Å². The lowest BCUT2D eigenvalue weighted by Crippen LogP contribution is -2.04. The Balaban J connectivity index is 2.26. The molecule has 0 radical (unpaired) electrons. The number of hydrogen-bond acceptors (Lipinski definition) is 4. The summed E-state index contributed by atoms with van der Waals surface area (Å²) in [5.74, 6) is 1.34. The number of aromatic nitrogens is 1. The quantitative estimate of drug-likeness (QED) is 0.838. The van der Waals surface area contributed by atoms with Gasteiger partial charge in [-0.05, 0) is 47.9 Å². The summed E-state index contributed by atoms with van der Waals surface area (Å²) in [4.78, 5) is 4.01. The van der Waals surface area contributed by atoms with Crippen molar-refractivity contribution in [3.8, 4) is 16.9 Å². The normalized spacial score (nSPS) is 10.4. The third-order valence-electron chi connectivity index (χ3n) is 2.86. The maximum absolute atomic E-state index is 5.72. The molecule has 0 atom stereocenters. The van der Waals surface area contributed by atoms with E-state index in [0.29, 0.717) is 19.0 Å². The van der Waals surface area contributed by atoms with E-state index < -0.39 is 0 Å². The molecule has 19 heavy (non-hydrogen) atoms. The van der Waals surface area contributed by atoms with E-state index in [4.69, 9.17) is 15.2 Å². The highest BCUT2D eigenvalue weighted by Crippen LogP contribution is 2.28. The summed E-state index contributed by atoms with van der Waals surface area (Å²) in [5, 5.41) is 0. The first-order valence-corrected chi connectivity index (χ1v) is 6.15. The van der Waals surface area contributed by atoms with Gasteiger partial charge in [0.25, 0.3) is 0 Å². The van der Waals surface area contributed by atoms with Crippen molar-refractivity contribution >= 4 is 5.82 Å². The predicted octanol–water partition coefficient (Wildman–Crippen LogP) is 2.66. The number of aryl methyl sites for hydroxylation is 1. The fourth-order valence-corrected chi connectivity index (χ4v) is 1.86. The highest BCUT2D eigenvalue weighted by atomic mass is 16.5. The Labute approximate surface area is 113 Å². The van der Waals surface area contributed by atoms with Crippen LogP contribution in [-0.4, -0.2) is 25.3 Å². The predicted molar refractivity (Wildman–Crippen MR) is 76.2 cm³/mol. The highest BCUT2D eigenvalue weighted by molar-refractivity contribution is 5.70. The molecule has 1 aromatic heterocycles. The van der Waals surface area contributed by atoms with Gasteiger partial charge >= 0.3 is 0 Å². The zero-order valence-corrected chi connectivity index (χ0v) is 11.2. The summed E-state index contributed by atoms with van der Waals surface area (Å²) in [6.07, 6.45) is 1.71. The summed E-state index contributed by atoms with van der Waals surface area (Å²) in [6.45, 7) is 3.17. The van der Waals surface area contributed by atoms with E-state index in [9.17, 15) is 0 Å². The van der Waals surface area contributed by atoms with Gasteiger partial charge in [0.05, 0.1) is 6.61 Å². The van der Waals surface area contributed by atoms with E-state index >= 15 is 0 Å². The lowest BCUT2D eigenvalue weighted by Gasteiger charge is -2.11. The molecule has 0 spiro atoms. The number of pyridine rings is 1. The molecule has 1 aromatic carbocycles. The van der Waals surface area contributed by atoms with Gasteiger partial charge in [0.2, 0.25) is 0 Å². The molecule has 2 N–H and O–H groups in total. The monoisotopic (exact) mass is 258 g/mol. The first-order chi connectivity index (χ1) is 9.20. The van der Waals surface area contributed by atoms with Gasteiger partial charge in [0.1, 0.15) is 18.2 Å². The minimum atomic E-state index is 0.516. The molecule has 2 rings (SSSR count). The SMILES string of the molecule is COCCOc1ccc(C)c(-c2ccnc(N)c2)c1. The second-order valence-corrected chi connectivity index (χ2v) is 4.29. The van der Waals surface area contributed by atoms with Crippen LogP contribution in [0.1, 0.15) is 5.56 Å². The third kappa shape index (κ3) is 3.45. The summed E-state index contributed by atoms with van der Waals surface area (Å²) in [7, 11) is 1.66. The van der Waals surface area contributed by atoms with Crippen molar-refractivity contribution in [2.45, 2.75) is 6.92 Å². The number of rotatable bonds is 5. The minimum Gasteiger partial charge on any atom is -0.491 e. The van der Waals surface area contributed by atoms with Crippen LogP contribution < -0.4 is 10.5 Å². The van der Waals surface area contributed by atoms with Crippen molar-refractivity contribution in [3.05, 3.63) is 42.1 Å². The average Bonchev–Trinajstić information content (AvgIpc) is 2.41. The van der Waals surface area contributed by atoms with Gasteiger partial charge in [0, 0.05) is 13.3 Å². The zero-order valence-electron chi connectivity index (χ0n) is 11.2. The summed E-state index contributed by atoms with van der Waals surface area (Å²) < 4.78 is 10.6. The first-order valence-electron chi connectivity index (χ1n) is 6.15. The van der Waals surface area contributed by atoms with Crippen molar-refractivity contribution < 1.29 is 9.47 Å². The van der Waals surface area contributed by atoms with Gasteiger partial charge in [-0.1, -0.05) is 6.07 Å². The van der Waals surface area contributed by atoms with Gasteiger partial charge in [-0.3, -0.25) is 0 Å². The Kier molecular flexibility index (Phi) is 4.36. The number of anilines is 1. The molecule has 0 saturated heterocycles. The lowest BCUT2D eigenvalue weighted by molar-refractivity contribution is 0.146. The first kappa shape index (κ1) is 13.4. The molecule has 0 aliphatic rings. The number of nitrogens with two attached hydrogens (primary N) is 1. The smallest absolute Gasteiger partial charge is 0.123 e. The van der Waals surface area contributed by atoms with Crippen LogP contribution in [0, 0.1) is 6.92 Å². The standard InChI is InChI=1S/C15H18N2O2/c1-11-3-4-13(19-8-7-18-2)10-14(11)12-5-6-17-15(16)9-12/h3-6,9-10H,7-8H2,1-2H3,(H2,16,17). The van der Waals surface area contributed by atoms with Crippen LogP contribution in [-0.2, 0) is 4.74 Å². The number of nitrogens with zero attached hydrogens (tertiary/aromatic N) is 1. The molecule has 100 valence electrons. The van der Waals surface area contributed by atoms with Gasteiger partial charge < -0.3 is 15.2 Å². The van der Waals surface area contributed by atoms with Crippen molar-refractivity contribution in [2.24, 2.45) is 0 Å². The number of benzene rings is 1. The van der Waals surface area contributed by atoms with Crippen LogP contribution in [0.5, 0.6) is 5.75 Å². The molecule has 0 fully saturated rings. The summed E-state index contributed by atoms with van der Waals surface area (Å²) >= 11 is 0. The van der Waals surface area contributed by atoms with E-state index in [2.05, 4.69) is 11.9 Å². The van der Waals surface area contributed by atoms with E-state index in [-0.39, 0.29) is 0 Å². The second-order valence-electron chi connectivity index (χ2n) is 4.29. The van der Waals surface area contributed by atoms with Gasteiger partial charge in [-0.25, -0.2) is 4.98 Å². The molecule has 0 aliphatic carbocycles. The van der Waals surface area contributed by atoms with E-state index in [0.717, 1.165) is 16.9 Å². The fourth-order valence-electron chi connectivity index (χ4n) is 1.86. The molecule has 0 saturated carbocycles. The molecule has 0 unspecified atom stereocenters. The van der Waals surface area contributed by atoms with Crippen molar-refractivity contribution in [1.82, 2.24) is 4.98 Å². The lowest BCUT2D eigenvalue weighted by atomic mass is 10.0. The third-order valence-corrected chi connectivity index (χ3v) is 2.86. The van der Waals surface area contributed by atoms with Crippen molar-refractivity contribution in [3.63, 3.8) is 0 Å². The van der Waals surface area contributed by atoms with E-state index in [1.165, 1.54) is 5.56 Å². The molecule has 4 nitrogen and oxygen atoms in total. The van der Waals surface area contributed by atoms with Crippen molar-refractivity contribution in [1.29, 1.82) is 0 Å². The molecular weight excluding hydrogens is 240 g/mol. The van der Waals surface area contributed by atoms with Gasteiger partial charge in [-0.2, -0.15) is 0 Å². The van der Waals surface area contributed by atoms with Crippen molar-refractivity contribution in [2.75, 3.05) is 26.1 Å². The van der Waals surface area contributed by atoms with Gasteiger partial charge in [-0.15, -0.1) is 0 Å². The number of methoxy groups -OCH3 is 1. The van der Waals surface area contributed by atoms with Crippen LogP contribution in [0.2, 0.25) is 0 Å². The Morgan fingerprint density at radius 3 is 2.74 bits per heavy atom. The Morgan fingerprint density at radius 2 is 2.00 bits per heavy atom. The molecule has 0 amide bonds. The maximum atomic E-state index is 5.72. The number of nitrogen functional groups attached to an aromatic ring is 1. The molecule has 4 heteroatoms. The average molecular weight is 258 g/mol. The number of hydrogen-bond donors (Lipinski definition) is 1. The van der Waals surface area contributed by atoms with Crippen LogP contribution >= 0.6 is 0 Å². The summed E-state index contributed by atoms with van der Waals surface area (Å²) in [6, 6.07) is 9.81. The second kappa shape index (κ2) is 6.20.